The van der Waals surface area contributed by atoms with Crippen molar-refractivity contribution >= 4 is 11.6 Å². The van der Waals surface area contributed by atoms with Crippen molar-refractivity contribution in [1.29, 1.82) is 0 Å². The summed E-state index contributed by atoms with van der Waals surface area (Å²) < 4.78 is 16.8. The van der Waals surface area contributed by atoms with Crippen LogP contribution in [0, 0.1) is 0 Å². The van der Waals surface area contributed by atoms with Crippen LogP contribution in [-0.2, 0) is 16.0 Å². The lowest BCUT2D eigenvalue weighted by Gasteiger charge is -2.29. The van der Waals surface area contributed by atoms with E-state index in [0.717, 1.165) is 30.2 Å². The minimum Gasteiger partial charge on any atom is -0.492 e. The molecule has 0 bridgehead atoms. The molecule has 2 aromatic rings. The lowest BCUT2D eigenvalue weighted by Crippen LogP contribution is -2.41. The van der Waals surface area contributed by atoms with E-state index in [1.54, 1.807) is 4.90 Å². The van der Waals surface area contributed by atoms with Crippen molar-refractivity contribution in [3.63, 3.8) is 0 Å². The van der Waals surface area contributed by atoms with Gasteiger partial charge in [0.1, 0.15) is 18.1 Å². The quantitative estimate of drug-likeness (QED) is 0.728. The van der Waals surface area contributed by atoms with Crippen LogP contribution in [0.2, 0.25) is 0 Å². The topological polar surface area (TPSA) is 48.0 Å². The Morgan fingerprint density at radius 1 is 1.15 bits per heavy atom. The molecule has 3 rings (SSSR count). The number of carbonyl (C=O) groups is 1. The second kappa shape index (κ2) is 8.72. The summed E-state index contributed by atoms with van der Waals surface area (Å²) in [5, 5.41) is 0. The van der Waals surface area contributed by atoms with E-state index in [4.69, 9.17) is 14.2 Å². The molecule has 5 heteroatoms. The molecule has 0 aromatic heterocycles. The zero-order valence-electron chi connectivity index (χ0n) is 15.3. The summed E-state index contributed by atoms with van der Waals surface area (Å²) in [7, 11) is 0. The zero-order valence-corrected chi connectivity index (χ0v) is 15.3. The van der Waals surface area contributed by atoms with E-state index in [-0.39, 0.29) is 18.6 Å². The monoisotopic (exact) mass is 355 g/mol. The minimum absolute atomic E-state index is 0.0486. The van der Waals surface area contributed by atoms with Crippen LogP contribution < -0.4 is 14.4 Å². The maximum atomic E-state index is 12.1. The highest BCUT2D eigenvalue weighted by Crippen LogP contribution is 2.31. The highest BCUT2D eigenvalue weighted by molar-refractivity contribution is 5.97. The van der Waals surface area contributed by atoms with Crippen LogP contribution in [0.25, 0.3) is 0 Å². The third kappa shape index (κ3) is 4.55. The van der Waals surface area contributed by atoms with E-state index in [9.17, 15) is 4.79 Å². The van der Waals surface area contributed by atoms with Crippen molar-refractivity contribution in [3.8, 4) is 11.5 Å². The first-order valence-corrected chi connectivity index (χ1v) is 9.03. The fourth-order valence-corrected chi connectivity index (χ4v) is 3.05. The van der Waals surface area contributed by atoms with Crippen molar-refractivity contribution in [3.05, 3.63) is 54.1 Å². The largest absolute Gasteiger partial charge is 0.492 e. The SMILES string of the molecule is CCOC(C)Cc1ccc(OCCN2C(=O)COc3ccccc32)cc1. The second-order valence-electron chi connectivity index (χ2n) is 6.26. The summed E-state index contributed by atoms with van der Waals surface area (Å²) in [5.41, 5.74) is 2.02. The van der Waals surface area contributed by atoms with Gasteiger partial charge in [-0.15, -0.1) is 0 Å². The molecule has 0 fully saturated rings. The van der Waals surface area contributed by atoms with E-state index in [1.165, 1.54) is 5.56 Å². The highest BCUT2D eigenvalue weighted by atomic mass is 16.5. The Labute approximate surface area is 154 Å². The predicted molar refractivity (Wildman–Crippen MR) is 101 cm³/mol. The first-order chi connectivity index (χ1) is 12.7. The van der Waals surface area contributed by atoms with Gasteiger partial charge < -0.3 is 19.1 Å². The van der Waals surface area contributed by atoms with Crippen molar-refractivity contribution < 1.29 is 19.0 Å². The van der Waals surface area contributed by atoms with Gasteiger partial charge in [0.25, 0.3) is 5.91 Å². The molecule has 26 heavy (non-hydrogen) atoms. The Hall–Kier alpha value is -2.53. The molecule has 1 amide bonds. The van der Waals surface area contributed by atoms with E-state index in [2.05, 4.69) is 19.1 Å². The van der Waals surface area contributed by atoms with Crippen LogP contribution in [0.1, 0.15) is 19.4 Å². The van der Waals surface area contributed by atoms with Gasteiger partial charge >= 0.3 is 0 Å². The molecule has 0 radical (unpaired) electrons. The smallest absolute Gasteiger partial charge is 0.265 e. The summed E-state index contributed by atoms with van der Waals surface area (Å²) in [6, 6.07) is 15.6. The van der Waals surface area contributed by atoms with E-state index in [1.807, 2.05) is 43.3 Å². The molecule has 0 saturated heterocycles. The molecule has 1 heterocycles. The lowest BCUT2D eigenvalue weighted by atomic mass is 10.1. The molecule has 2 aromatic carbocycles. The first-order valence-electron chi connectivity index (χ1n) is 9.03. The summed E-state index contributed by atoms with van der Waals surface area (Å²) in [6.07, 6.45) is 1.09. The number of carbonyl (C=O) groups excluding carboxylic acids is 1. The molecule has 0 aliphatic carbocycles. The minimum atomic E-state index is -0.0486. The number of anilines is 1. The van der Waals surface area contributed by atoms with Gasteiger partial charge in [-0.25, -0.2) is 0 Å². The maximum Gasteiger partial charge on any atom is 0.265 e. The van der Waals surface area contributed by atoms with Gasteiger partial charge in [-0.3, -0.25) is 4.79 Å². The number of para-hydroxylation sites is 2. The number of hydrogen-bond acceptors (Lipinski definition) is 4. The molecule has 1 unspecified atom stereocenters. The molecule has 138 valence electrons. The normalized spacial score (nSPS) is 14.5. The summed E-state index contributed by atoms with van der Waals surface area (Å²) in [6.45, 7) is 5.79. The Morgan fingerprint density at radius 2 is 1.92 bits per heavy atom. The zero-order chi connectivity index (χ0) is 18.4. The van der Waals surface area contributed by atoms with Gasteiger partial charge in [0.15, 0.2) is 6.61 Å². The molecule has 1 aliphatic heterocycles. The number of hydrogen-bond donors (Lipinski definition) is 0. The van der Waals surface area contributed by atoms with Crippen molar-refractivity contribution in [2.24, 2.45) is 0 Å². The number of benzene rings is 2. The number of fused-ring (bicyclic) bond motifs is 1. The van der Waals surface area contributed by atoms with Gasteiger partial charge in [0.05, 0.1) is 18.3 Å². The molecule has 0 N–H and O–H groups in total. The molecule has 1 aliphatic rings. The molecule has 0 spiro atoms. The van der Waals surface area contributed by atoms with Crippen molar-refractivity contribution in [2.45, 2.75) is 26.4 Å². The molecule has 5 nitrogen and oxygen atoms in total. The van der Waals surface area contributed by atoms with Gasteiger partial charge in [0, 0.05) is 6.61 Å². The van der Waals surface area contributed by atoms with Crippen molar-refractivity contribution in [1.82, 2.24) is 0 Å². The van der Waals surface area contributed by atoms with Crippen molar-refractivity contribution in [2.75, 3.05) is 31.3 Å². The van der Waals surface area contributed by atoms with Gasteiger partial charge in [-0.05, 0) is 50.1 Å². The Kier molecular flexibility index (Phi) is 6.12. The van der Waals surface area contributed by atoms with E-state index in [0.29, 0.717) is 13.2 Å². The Balaban J connectivity index is 1.53. The average Bonchev–Trinajstić information content (AvgIpc) is 2.65. The lowest BCUT2D eigenvalue weighted by molar-refractivity contribution is -0.121. The van der Waals surface area contributed by atoms with Crippen LogP contribution in [0.5, 0.6) is 11.5 Å². The number of nitrogens with zero attached hydrogens (tertiary/aromatic N) is 1. The number of ether oxygens (including phenoxy) is 3. The van der Waals surface area contributed by atoms with Crippen LogP contribution in [0.3, 0.4) is 0 Å². The van der Waals surface area contributed by atoms with Gasteiger partial charge in [-0.2, -0.15) is 0 Å². The van der Waals surface area contributed by atoms with Crippen LogP contribution in [-0.4, -0.2) is 38.4 Å². The van der Waals surface area contributed by atoms with Crippen LogP contribution in [0.4, 0.5) is 5.69 Å². The Bertz CT molecular complexity index is 729. The van der Waals surface area contributed by atoms with Gasteiger partial charge in [0.2, 0.25) is 0 Å². The highest BCUT2D eigenvalue weighted by Gasteiger charge is 2.24. The fraction of sp³-hybridized carbons (Fsp3) is 0.381. The van der Waals surface area contributed by atoms with E-state index >= 15 is 0 Å². The molecule has 1 atom stereocenters. The van der Waals surface area contributed by atoms with Crippen LogP contribution in [0.15, 0.2) is 48.5 Å². The van der Waals surface area contributed by atoms with Crippen LogP contribution >= 0.6 is 0 Å². The standard InChI is InChI=1S/C21H25NO4/c1-3-24-16(2)14-17-8-10-18(11-9-17)25-13-12-22-19-6-4-5-7-20(19)26-15-21(22)23/h4-11,16H,3,12-15H2,1-2H3. The van der Waals surface area contributed by atoms with Gasteiger partial charge in [-0.1, -0.05) is 24.3 Å². The number of amides is 1. The third-order valence-corrected chi connectivity index (χ3v) is 4.29. The molecular weight excluding hydrogens is 330 g/mol. The Morgan fingerprint density at radius 3 is 2.69 bits per heavy atom. The fourth-order valence-electron chi connectivity index (χ4n) is 3.05. The summed E-state index contributed by atoms with van der Waals surface area (Å²) >= 11 is 0. The summed E-state index contributed by atoms with van der Waals surface area (Å²) in [4.78, 5) is 13.9. The second-order valence-corrected chi connectivity index (χ2v) is 6.26. The third-order valence-electron chi connectivity index (χ3n) is 4.29. The summed E-state index contributed by atoms with van der Waals surface area (Å²) in [5.74, 6) is 1.49. The van der Waals surface area contributed by atoms with E-state index < -0.39 is 0 Å². The number of rotatable bonds is 8. The maximum absolute atomic E-state index is 12.1. The molecule has 0 saturated carbocycles. The predicted octanol–water partition coefficient (Wildman–Crippen LogP) is 3.46. The first kappa shape index (κ1) is 18.3. The average molecular weight is 355 g/mol. The molecular formula is C21H25NO4.